The van der Waals surface area contributed by atoms with Gasteiger partial charge in [-0.3, -0.25) is 10.1 Å². The van der Waals surface area contributed by atoms with Crippen molar-refractivity contribution in [3.63, 3.8) is 0 Å². The standard InChI is InChI=1S/C15H21N3O4/c1-17(13-7-5-11(10-19)6-8-13)15(20)16-12-3-2-4-14(9-12)18(21)22/h2-4,9,11,13,19H,5-8,10H2,1H3,(H,16,20). The molecule has 0 radical (unpaired) electrons. The van der Waals surface area contributed by atoms with Crippen LogP contribution < -0.4 is 5.32 Å². The summed E-state index contributed by atoms with van der Waals surface area (Å²) < 4.78 is 0. The maximum absolute atomic E-state index is 12.2. The molecule has 1 fully saturated rings. The molecule has 120 valence electrons. The Morgan fingerprint density at radius 2 is 2.09 bits per heavy atom. The van der Waals surface area contributed by atoms with E-state index >= 15 is 0 Å². The average molecular weight is 307 g/mol. The lowest BCUT2D eigenvalue weighted by Crippen LogP contribution is -2.42. The highest BCUT2D eigenvalue weighted by Crippen LogP contribution is 2.27. The maximum Gasteiger partial charge on any atom is 0.321 e. The van der Waals surface area contributed by atoms with Gasteiger partial charge in [0.05, 0.1) is 4.92 Å². The lowest BCUT2D eigenvalue weighted by molar-refractivity contribution is -0.384. The number of amides is 2. The van der Waals surface area contributed by atoms with Gasteiger partial charge in [0, 0.05) is 37.5 Å². The Morgan fingerprint density at radius 1 is 1.41 bits per heavy atom. The number of benzene rings is 1. The van der Waals surface area contributed by atoms with Gasteiger partial charge >= 0.3 is 6.03 Å². The number of urea groups is 1. The van der Waals surface area contributed by atoms with Crippen molar-refractivity contribution in [3.05, 3.63) is 34.4 Å². The lowest BCUT2D eigenvalue weighted by Gasteiger charge is -2.34. The molecule has 1 saturated carbocycles. The molecular weight excluding hydrogens is 286 g/mol. The van der Waals surface area contributed by atoms with E-state index in [0.717, 1.165) is 25.7 Å². The van der Waals surface area contributed by atoms with Crippen LogP contribution in [0, 0.1) is 16.0 Å². The Balaban J connectivity index is 1.94. The number of rotatable bonds is 4. The number of aliphatic hydroxyl groups excluding tert-OH is 1. The molecule has 0 aromatic heterocycles. The first-order valence-electron chi connectivity index (χ1n) is 7.40. The van der Waals surface area contributed by atoms with Gasteiger partial charge in [-0.05, 0) is 37.7 Å². The Labute approximate surface area is 129 Å². The number of nitro benzene ring substituents is 1. The van der Waals surface area contributed by atoms with Crippen LogP contribution >= 0.6 is 0 Å². The highest BCUT2D eigenvalue weighted by atomic mass is 16.6. The molecule has 1 aromatic carbocycles. The first-order chi connectivity index (χ1) is 10.5. The van der Waals surface area contributed by atoms with Gasteiger partial charge in [-0.15, -0.1) is 0 Å². The van der Waals surface area contributed by atoms with Crippen molar-refractivity contribution < 1.29 is 14.8 Å². The molecule has 0 unspecified atom stereocenters. The minimum absolute atomic E-state index is 0.0519. The van der Waals surface area contributed by atoms with E-state index in [9.17, 15) is 14.9 Å². The molecular formula is C15H21N3O4. The topological polar surface area (TPSA) is 95.7 Å². The first kappa shape index (κ1) is 16.2. The van der Waals surface area contributed by atoms with Crippen molar-refractivity contribution in [3.8, 4) is 0 Å². The number of nitrogens with one attached hydrogen (secondary N) is 1. The Bertz CT molecular complexity index is 541. The zero-order valence-electron chi connectivity index (χ0n) is 12.6. The van der Waals surface area contributed by atoms with E-state index in [0.29, 0.717) is 11.6 Å². The second-order valence-electron chi connectivity index (χ2n) is 5.71. The van der Waals surface area contributed by atoms with E-state index in [1.54, 1.807) is 24.1 Å². The number of anilines is 1. The molecule has 22 heavy (non-hydrogen) atoms. The number of nitro groups is 1. The monoisotopic (exact) mass is 307 g/mol. The summed E-state index contributed by atoms with van der Waals surface area (Å²) in [7, 11) is 1.73. The SMILES string of the molecule is CN(C(=O)Nc1cccc([N+](=O)[O-])c1)C1CCC(CO)CC1. The maximum atomic E-state index is 12.2. The fourth-order valence-electron chi connectivity index (χ4n) is 2.79. The van der Waals surface area contributed by atoms with Crippen molar-refractivity contribution in [2.75, 3.05) is 19.0 Å². The van der Waals surface area contributed by atoms with E-state index < -0.39 is 4.92 Å². The molecule has 2 N–H and O–H groups in total. The molecule has 1 aliphatic carbocycles. The number of hydrogen-bond donors (Lipinski definition) is 2. The molecule has 1 aromatic rings. The van der Waals surface area contributed by atoms with Gasteiger partial charge in [-0.2, -0.15) is 0 Å². The predicted octanol–water partition coefficient (Wildman–Crippen LogP) is 2.61. The van der Waals surface area contributed by atoms with Gasteiger partial charge in [-0.25, -0.2) is 4.79 Å². The molecule has 7 heteroatoms. The third kappa shape index (κ3) is 3.94. The molecule has 0 atom stereocenters. The van der Waals surface area contributed by atoms with Crippen LogP contribution in [0.2, 0.25) is 0 Å². The number of non-ortho nitro benzene ring substituents is 1. The summed E-state index contributed by atoms with van der Waals surface area (Å²) in [4.78, 5) is 24.1. The fraction of sp³-hybridized carbons (Fsp3) is 0.533. The van der Waals surface area contributed by atoms with Crippen molar-refractivity contribution in [1.82, 2.24) is 4.90 Å². The Kier molecular flexibility index (Phi) is 5.32. The van der Waals surface area contributed by atoms with Gasteiger partial charge in [0.15, 0.2) is 0 Å². The van der Waals surface area contributed by atoms with Gasteiger partial charge in [0.25, 0.3) is 5.69 Å². The summed E-state index contributed by atoms with van der Waals surface area (Å²) in [5, 5.41) is 22.6. The average Bonchev–Trinajstić information content (AvgIpc) is 2.54. The first-order valence-corrected chi connectivity index (χ1v) is 7.40. The quantitative estimate of drug-likeness (QED) is 0.660. The van der Waals surface area contributed by atoms with Crippen molar-refractivity contribution in [1.29, 1.82) is 0 Å². The summed E-state index contributed by atoms with van der Waals surface area (Å²) in [6, 6.07) is 5.76. The minimum atomic E-state index is -0.491. The van der Waals surface area contributed by atoms with E-state index in [1.807, 2.05) is 0 Å². The number of carbonyl (C=O) groups is 1. The normalized spacial score (nSPS) is 21.2. The van der Waals surface area contributed by atoms with Crippen LogP contribution in [-0.2, 0) is 0 Å². The van der Waals surface area contributed by atoms with Gasteiger partial charge in [0.1, 0.15) is 0 Å². The smallest absolute Gasteiger partial charge is 0.321 e. The van der Waals surface area contributed by atoms with Crippen LogP contribution in [0.15, 0.2) is 24.3 Å². The van der Waals surface area contributed by atoms with E-state index in [1.165, 1.54) is 12.1 Å². The van der Waals surface area contributed by atoms with E-state index in [2.05, 4.69) is 5.32 Å². The summed E-state index contributed by atoms with van der Waals surface area (Å²) >= 11 is 0. The number of nitrogens with zero attached hydrogens (tertiary/aromatic N) is 2. The zero-order valence-corrected chi connectivity index (χ0v) is 12.6. The van der Waals surface area contributed by atoms with Gasteiger partial charge in [0.2, 0.25) is 0 Å². The molecule has 0 aliphatic heterocycles. The number of aliphatic hydroxyl groups is 1. The Morgan fingerprint density at radius 3 is 2.68 bits per heavy atom. The molecule has 2 amide bonds. The lowest BCUT2D eigenvalue weighted by atomic mass is 9.86. The van der Waals surface area contributed by atoms with Crippen molar-refractivity contribution >= 4 is 17.4 Å². The van der Waals surface area contributed by atoms with Crippen molar-refractivity contribution in [2.24, 2.45) is 5.92 Å². The highest BCUT2D eigenvalue weighted by Gasteiger charge is 2.26. The van der Waals surface area contributed by atoms with Crippen LogP contribution in [0.5, 0.6) is 0 Å². The molecule has 0 bridgehead atoms. The van der Waals surface area contributed by atoms with Crippen LogP contribution in [0.4, 0.5) is 16.2 Å². The van der Waals surface area contributed by atoms with Crippen LogP contribution in [0.1, 0.15) is 25.7 Å². The molecule has 2 rings (SSSR count). The molecule has 0 spiro atoms. The highest BCUT2D eigenvalue weighted by molar-refractivity contribution is 5.89. The molecule has 0 saturated heterocycles. The molecule has 1 aliphatic rings. The minimum Gasteiger partial charge on any atom is -0.396 e. The number of carbonyl (C=O) groups excluding carboxylic acids is 1. The van der Waals surface area contributed by atoms with Crippen molar-refractivity contribution in [2.45, 2.75) is 31.7 Å². The summed E-state index contributed by atoms with van der Waals surface area (Å²) in [6.45, 7) is 0.205. The second-order valence-corrected chi connectivity index (χ2v) is 5.71. The van der Waals surface area contributed by atoms with Crippen LogP contribution in [0.3, 0.4) is 0 Å². The third-order valence-electron chi connectivity index (χ3n) is 4.25. The predicted molar refractivity (Wildman–Crippen MR) is 82.7 cm³/mol. The van der Waals surface area contributed by atoms with Crippen LogP contribution in [0.25, 0.3) is 0 Å². The van der Waals surface area contributed by atoms with E-state index in [4.69, 9.17) is 5.11 Å². The van der Waals surface area contributed by atoms with Gasteiger partial charge < -0.3 is 15.3 Å². The molecule has 7 nitrogen and oxygen atoms in total. The summed E-state index contributed by atoms with van der Waals surface area (Å²) in [5.41, 5.74) is 0.360. The molecule has 0 heterocycles. The summed E-state index contributed by atoms with van der Waals surface area (Å²) in [5.74, 6) is 0.337. The largest absolute Gasteiger partial charge is 0.396 e. The summed E-state index contributed by atoms with van der Waals surface area (Å²) in [6.07, 6.45) is 3.55. The second kappa shape index (κ2) is 7.22. The number of hydrogen-bond acceptors (Lipinski definition) is 4. The Hall–Kier alpha value is -2.15. The third-order valence-corrected chi connectivity index (χ3v) is 4.25. The zero-order chi connectivity index (χ0) is 16.1. The fourth-order valence-corrected chi connectivity index (χ4v) is 2.79. The van der Waals surface area contributed by atoms with Crippen LogP contribution in [-0.4, -0.2) is 40.7 Å². The van der Waals surface area contributed by atoms with Gasteiger partial charge in [-0.1, -0.05) is 6.07 Å². The van der Waals surface area contributed by atoms with E-state index in [-0.39, 0.29) is 24.4 Å².